The van der Waals surface area contributed by atoms with Gasteiger partial charge in [-0.05, 0) is 12.1 Å². The fourth-order valence-corrected chi connectivity index (χ4v) is 2.28. The van der Waals surface area contributed by atoms with Crippen molar-refractivity contribution in [3.05, 3.63) is 36.2 Å². The average Bonchev–Trinajstić information content (AvgIpc) is 2.97. The van der Waals surface area contributed by atoms with Crippen molar-refractivity contribution in [2.24, 2.45) is 5.73 Å². The molecule has 1 unspecified atom stereocenters. The maximum atomic E-state index is 5.64. The molecule has 1 aliphatic rings. The van der Waals surface area contributed by atoms with Gasteiger partial charge in [-0.15, -0.1) is 12.4 Å². The molecule has 1 aliphatic heterocycles. The Hall–Kier alpha value is -1.47. The van der Waals surface area contributed by atoms with Gasteiger partial charge in [-0.1, -0.05) is 23.4 Å². The summed E-state index contributed by atoms with van der Waals surface area (Å²) in [5.74, 6) is 1.26. The molecule has 2 N–H and O–H groups in total. The number of morpholine rings is 1. The van der Waals surface area contributed by atoms with Gasteiger partial charge in [0.05, 0.1) is 19.3 Å². The molecule has 6 nitrogen and oxygen atoms in total. The number of hydrogen-bond acceptors (Lipinski definition) is 6. The van der Waals surface area contributed by atoms with Crippen molar-refractivity contribution in [2.45, 2.75) is 12.6 Å². The maximum Gasteiger partial charge on any atom is 0.257 e. The summed E-state index contributed by atoms with van der Waals surface area (Å²) >= 11 is 0. The van der Waals surface area contributed by atoms with Crippen LogP contribution in [0.1, 0.15) is 5.82 Å². The van der Waals surface area contributed by atoms with Crippen LogP contribution in [0, 0.1) is 0 Å². The van der Waals surface area contributed by atoms with Crippen LogP contribution in [0.5, 0.6) is 0 Å². The molecule has 1 atom stereocenters. The van der Waals surface area contributed by atoms with Gasteiger partial charge < -0.3 is 15.0 Å². The van der Waals surface area contributed by atoms with Gasteiger partial charge in [-0.2, -0.15) is 4.98 Å². The van der Waals surface area contributed by atoms with Gasteiger partial charge in [0.1, 0.15) is 0 Å². The first-order valence-corrected chi connectivity index (χ1v) is 6.77. The van der Waals surface area contributed by atoms with E-state index in [-0.39, 0.29) is 18.5 Å². The van der Waals surface area contributed by atoms with E-state index in [1.165, 1.54) is 0 Å². The Balaban J connectivity index is 0.00000161. The van der Waals surface area contributed by atoms with E-state index in [1.54, 1.807) is 0 Å². The van der Waals surface area contributed by atoms with Crippen LogP contribution in [0.15, 0.2) is 34.9 Å². The van der Waals surface area contributed by atoms with Crippen molar-refractivity contribution in [3.63, 3.8) is 0 Å². The minimum absolute atomic E-state index is 0. The van der Waals surface area contributed by atoms with Crippen LogP contribution < -0.4 is 5.73 Å². The molecule has 0 saturated carbocycles. The summed E-state index contributed by atoms with van der Waals surface area (Å²) in [4.78, 5) is 6.67. The Kier molecular flexibility index (Phi) is 5.69. The Morgan fingerprint density at radius 1 is 1.29 bits per heavy atom. The maximum absolute atomic E-state index is 5.64. The van der Waals surface area contributed by atoms with E-state index in [2.05, 4.69) is 15.0 Å². The van der Waals surface area contributed by atoms with Crippen LogP contribution in [0.25, 0.3) is 11.5 Å². The average molecular weight is 311 g/mol. The number of rotatable bonds is 4. The minimum atomic E-state index is 0. The zero-order valence-corrected chi connectivity index (χ0v) is 12.5. The molecular formula is C14H19ClN4O2. The van der Waals surface area contributed by atoms with Gasteiger partial charge in [0.25, 0.3) is 5.89 Å². The highest BCUT2D eigenvalue weighted by Gasteiger charge is 2.21. The highest BCUT2D eigenvalue weighted by atomic mass is 35.5. The predicted molar refractivity (Wildman–Crippen MR) is 81.1 cm³/mol. The number of halogens is 1. The summed E-state index contributed by atoms with van der Waals surface area (Å²) in [5, 5.41) is 4.04. The van der Waals surface area contributed by atoms with Gasteiger partial charge in [-0.3, -0.25) is 4.90 Å². The number of benzene rings is 1. The van der Waals surface area contributed by atoms with E-state index in [0.29, 0.717) is 31.4 Å². The SMILES string of the molecule is Cl.NCC1CN(Cc2noc(-c3ccccc3)n2)CCO1. The minimum Gasteiger partial charge on any atom is -0.374 e. The number of ether oxygens (including phenoxy) is 1. The van der Waals surface area contributed by atoms with Crippen molar-refractivity contribution >= 4 is 12.4 Å². The monoisotopic (exact) mass is 310 g/mol. The third-order valence-electron chi connectivity index (χ3n) is 3.34. The molecule has 1 aromatic carbocycles. The quantitative estimate of drug-likeness (QED) is 0.917. The molecule has 7 heteroatoms. The van der Waals surface area contributed by atoms with Crippen LogP contribution in [-0.4, -0.2) is 47.4 Å². The van der Waals surface area contributed by atoms with Crippen LogP contribution in [-0.2, 0) is 11.3 Å². The van der Waals surface area contributed by atoms with E-state index in [4.69, 9.17) is 15.0 Å². The highest BCUT2D eigenvalue weighted by Crippen LogP contribution is 2.17. The molecule has 0 amide bonds. The van der Waals surface area contributed by atoms with Gasteiger partial charge >= 0.3 is 0 Å². The molecule has 0 spiro atoms. The molecule has 2 heterocycles. The summed E-state index contributed by atoms with van der Waals surface area (Å²) in [6.07, 6.45) is 0.101. The smallest absolute Gasteiger partial charge is 0.257 e. The highest BCUT2D eigenvalue weighted by molar-refractivity contribution is 5.85. The largest absolute Gasteiger partial charge is 0.374 e. The molecule has 0 bridgehead atoms. The first-order valence-electron chi connectivity index (χ1n) is 6.77. The van der Waals surface area contributed by atoms with Crippen molar-refractivity contribution in [1.82, 2.24) is 15.0 Å². The first-order chi connectivity index (χ1) is 9.85. The van der Waals surface area contributed by atoms with Crippen molar-refractivity contribution in [3.8, 4) is 11.5 Å². The molecule has 1 fully saturated rings. The lowest BCUT2D eigenvalue weighted by Gasteiger charge is -2.31. The Morgan fingerprint density at radius 2 is 2.10 bits per heavy atom. The second kappa shape index (κ2) is 7.51. The van der Waals surface area contributed by atoms with Gasteiger partial charge in [0, 0.05) is 25.2 Å². The first kappa shape index (κ1) is 15.9. The van der Waals surface area contributed by atoms with Crippen LogP contribution in [0.4, 0.5) is 0 Å². The summed E-state index contributed by atoms with van der Waals surface area (Å²) < 4.78 is 10.8. The van der Waals surface area contributed by atoms with E-state index in [1.807, 2.05) is 30.3 Å². The number of nitrogens with two attached hydrogens (primary N) is 1. The van der Waals surface area contributed by atoms with Gasteiger partial charge in [-0.25, -0.2) is 0 Å². The Morgan fingerprint density at radius 3 is 2.86 bits per heavy atom. The number of aromatic nitrogens is 2. The summed E-state index contributed by atoms with van der Waals surface area (Å²) in [6.45, 7) is 3.58. The van der Waals surface area contributed by atoms with Crippen molar-refractivity contribution < 1.29 is 9.26 Å². The summed E-state index contributed by atoms with van der Waals surface area (Å²) in [5.41, 5.74) is 6.58. The third kappa shape index (κ3) is 4.01. The Labute approximate surface area is 129 Å². The Bertz CT molecular complexity index is 549. The molecule has 1 saturated heterocycles. The van der Waals surface area contributed by atoms with Crippen LogP contribution in [0.2, 0.25) is 0 Å². The fourth-order valence-electron chi connectivity index (χ4n) is 2.28. The summed E-state index contributed by atoms with van der Waals surface area (Å²) in [7, 11) is 0. The molecule has 1 aromatic heterocycles. The molecule has 3 rings (SSSR count). The lowest BCUT2D eigenvalue weighted by molar-refractivity contribution is -0.0269. The third-order valence-corrected chi connectivity index (χ3v) is 3.34. The number of nitrogens with zero attached hydrogens (tertiary/aromatic N) is 3. The predicted octanol–water partition coefficient (Wildman–Crippen LogP) is 1.32. The van der Waals surface area contributed by atoms with E-state index >= 15 is 0 Å². The zero-order valence-electron chi connectivity index (χ0n) is 11.6. The van der Waals surface area contributed by atoms with E-state index < -0.39 is 0 Å². The van der Waals surface area contributed by atoms with Gasteiger partial charge in [0.15, 0.2) is 5.82 Å². The summed E-state index contributed by atoms with van der Waals surface area (Å²) in [6, 6.07) is 9.77. The standard InChI is InChI=1S/C14H18N4O2.ClH/c15-8-12-9-18(6-7-19-12)10-13-16-14(20-17-13)11-4-2-1-3-5-11;/h1-5,12H,6-10,15H2;1H. The van der Waals surface area contributed by atoms with Crippen molar-refractivity contribution in [2.75, 3.05) is 26.2 Å². The lowest BCUT2D eigenvalue weighted by atomic mass is 10.2. The second-order valence-electron chi connectivity index (χ2n) is 4.85. The van der Waals surface area contributed by atoms with Crippen LogP contribution in [0.3, 0.4) is 0 Å². The zero-order chi connectivity index (χ0) is 13.8. The van der Waals surface area contributed by atoms with E-state index in [0.717, 1.165) is 18.7 Å². The van der Waals surface area contributed by atoms with E-state index in [9.17, 15) is 0 Å². The molecule has 0 radical (unpaired) electrons. The second-order valence-corrected chi connectivity index (χ2v) is 4.85. The normalized spacial score (nSPS) is 19.2. The topological polar surface area (TPSA) is 77.4 Å². The molecule has 21 heavy (non-hydrogen) atoms. The number of hydrogen-bond donors (Lipinski definition) is 1. The molecule has 2 aromatic rings. The van der Waals surface area contributed by atoms with Gasteiger partial charge in [0.2, 0.25) is 0 Å². The molecule has 114 valence electrons. The van der Waals surface area contributed by atoms with Crippen molar-refractivity contribution in [1.29, 1.82) is 0 Å². The fraction of sp³-hybridized carbons (Fsp3) is 0.429. The van der Waals surface area contributed by atoms with Crippen LogP contribution >= 0.6 is 12.4 Å². The lowest BCUT2D eigenvalue weighted by Crippen LogP contribution is -2.45. The molecular weight excluding hydrogens is 292 g/mol. The molecule has 0 aliphatic carbocycles.